The number of aryl methyl sites for hydroxylation is 1. The fourth-order valence-corrected chi connectivity index (χ4v) is 3.94. The summed E-state index contributed by atoms with van der Waals surface area (Å²) in [7, 11) is 0. The van der Waals surface area contributed by atoms with Crippen molar-refractivity contribution in [3.8, 4) is 10.8 Å². The van der Waals surface area contributed by atoms with Crippen LogP contribution in [0.1, 0.15) is 29.1 Å². The SMILES string of the molecule is Cc1ccc(-c2nc(C(=O)N3CCCC(Cn4ccnn4)C3)cs2)o1. The third-order valence-corrected chi connectivity index (χ3v) is 5.25. The van der Waals surface area contributed by atoms with E-state index in [9.17, 15) is 4.79 Å². The summed E-state index contributed by atoms with van der Waals surface area (Å²) >= 11 is 1.44. The molecule has 0 aromatic carbocycles. The molecule has 0 spiro atoms. The second-order valence-electron chi connectivity index (χ2n) is 6.33. The molecule has 1 amide bonds. The topological polar surface area (TPSA) is 77.1 Å². The van der Waals surface area contributed by atoms with Gasteiger partial charge in [0.15, 0.2) is 10.8 Å². The van der Waals surface area contributed by atoms with Gasteiger partial charge in [0.2, 0.25) is 0 Å². The van der Waals surface area contributed by atoms with Crippen LogP contribution in [0.4, 0.5) is 0 Å². The summed E-state index contributed by atoms with van der Waals surface area (Å²) in [5.41, 5.74) is 0.496. The Bertz CT molecular complexity index is 854. The molecule has 130 valence electrons. The van der Waals surface area contributed by atoms with E-state index >= 15 is 0 Å². The number of hydrogen-bond acceptors (Lipinski definition) is 6. The molecular weight excluding hydrogens is 338 g/mol. The second kappa shape index (κ2) is 6.79. The highest BCUT2D eigenvalue weighted by atomic mass is 32.1. The average molecular weight is 357 g/mol. The van der Waals surface area contributed by atoms with Crippen LogP contribution >= 0.6 is 11.3 Å². The van der Waals surface area contributed by atoms with Gasteiger partial charge in [-0.3, -0.25) is 9.48 Å². The van der Waals surface area contributed by atoms with Crippen LogP contribution in [-0.4, -0.2) is 43.9 Å². The first-order valence-corrected chi connectivity index (χ1v) is 9.23. The fourth-order valence-electron chi connectivity index (χ4n) is 3.19. The van der Waals surface area contributed by atoms with E-state index in [0.29, 0.717) is 17.4 Å². The number of aromatic nitrogens is 4. The molecule has 8 heteroatoms. The molecule has 0 bridgehead atoms. The minimum absolute atomic E-state index is 0.00549. The molecule has 0 saturated carbocycles. The molecule has 4 rings (SSSR count). The number of piperidine rings is 1. The first-order chi connectivity index (χ1) is 12.2. The zero-order chi connectivity index (χ0) is 17.2. The van der Waals surface area contributed by atoms with Crippen molar-refractivity contribution in [2.45, 2.75) is 26.3 Å². The Kier molecular flexibility index (Phi) is 4.35. The highest BCUT2D eigenvalue weighted by molar-refractivity contribution is 7.13. The fraction of sp³-hybridized carbons (Fsp3) is 0.412. The lowest BCUT2D eigenvalue weighted by Crippen LogP contribution is -2.41. The van der Waals surface area contributed by atoms with Gasteiger partial charge in [-0.25, -0.2) is 4.98 Å². The van der Waals surface area contributed by atoms with Crippen molar-refractivity contribution in [2.24, 2.45) is 5.92 Å². The van der Waals surface area contributed by atoms with Gasteiger partial charge < -0.3 is 9.32 Å². The summed E-state index contributed by atoms with van der Waals surface area (Å²) in [6.07, 6.45) is 5.63. The van der Waals surface area contributed by atoms with E-state index in [2.05, 4.69) is 15.3 Å². The van der Waals surface area contributed by atoms with Gasteiger partial charge in [-0.05, 0) is 37.8 Å². The summed E-state index contributed by atoms with van der Waals surface area (Å²) in [4.78, 5) is 19.2. The van der Waals surface area contributed by atoms with E-state index in [0.717, 1.165) is 43.2 Å². The maximum atomic E-state index is 12.8. The van der Waals surface area contributed by atoms with E-state index < -0.39 is 0 Å². The van der Waals surface area contributed by atoms with Crippen LogP contribution in [0.15, 0.2) is 34.3 Å². The molecule has 3 aromatic heterocycles. The van der Waals surface area contributed by atoms with Gasteiger partial charge in [0, 0.05) is 31.2 Å². The summed E-state index contributed by atoms with van der Waals surface area (Å²) in [6, 6.07) is 3.79. The number of hydrogen-bond donors (Lipinski definition) is 0. The van der Waals surface area contributed by atoms with Crippen LogP contribution in [0.2, 0.25) is 0 Å². The quantitative estimate of drug-likeness (QED) is 0.717. The number of nitrogens with zero attached hydrogens (tertiary/aromatic N) is 5. The number of thiazole rings is 1. The highest BCUT2D eigenvalue weighted by Crippen LogP contribution is 2.27. The maximum absolute atomic E-state index is 12.8. The first kappa shape index (κ1) is 16.0. The Balaban J connectivity index is 1.44. The van der Waals surface area contributed by atoms with Crippen molar-refractivity contribution >= 4 is 17.2 Å². The molecule has 1 aliphatic rings. The van der Waals surface area contributed by atoms with Gasteiger partial charge in [-0.15, -0.1) is 16.4 Å². The van der Waals surface area contributed by atoms with Gasteiger partial charge in [0.05, 0.1) is 6.20 Å². The Morgan fingerprint density at radius 2 is 2.36 bits per heavy atom. The van der Waals surface area contributed by atoms with Gasteiger partial charge in [0.1, 0.15) is 11.5 Å². The molecule has 25 heavy (non-hydrogen) atoms. The van der Waals surface area contributed by atoms with E-state index in [1.54, 1.807) is 6.20 Å². The maximum Gasteiger partial charge on any atom is 0.273 e. The van der Waals surface area contributed by atoms with Gasteiger partial charge >= 0.3 is 0 Å². The molecule has 1 unspecified atom stereocenters. The van der Waals surface area contributed by atoms with Crippen molar-refractivity contribution in [3.63, 3.8) is 0 Å². The monoisotopic (exact) mass is 357 g/mol. The third-order valence-electron chi connectivity index (χ3n) is 4.40. The van der Waals surface area contributed by atoms with E-state index in [1.807, 2.05) is 40.2 Å². The molecule has 1 saturated heterocycles. The molecule has 1 aliphatic heterocycles. The molecule has 0 aliphatic carbocycles. The van der Waals surface area contributed by atoms with E-state index in [-0.39, 0.29) is 5.91 Å². The first-order valence-electron chi connectivity index (χ1n) is 8.35. The lowest BCUT2D eigenvalue weighted by molar-refractivity contribution is 0.0654. The largest absolute Gasteiger partial charge is 0.459 e. The molecule has 1 fully saturated rings. The molecule has 7 nitrogen and oxygen atoms in total. The molecule has 1 atom stereocenters. The van der Waals surface area contributed by atoms with Crippen molar-refractivity contribution in [1.29, 1.82) is 0 Å². The van der Waals surface area contributed by atoms with Crippen LogP contribution in [0.25, 0.3) is 10.8 Å². The molecule has 0 radical (unpaired) electrons. The number of likely N-dealkylation sites (tertiary alicyclic amines) is 1. The van der Waals surface area contributed by atoms with E-state index in [4.69, 9.17) is 4.42 Å². The standard InChI is InChI=1S/C17H19N5O2S/c1-12-4-5-15(24-12)16-19-14(11-25-16)17(23)21-7-2-3-13(9-21)10-22-8-6-18-20-22/h4-6,8,11,13H,2-3,7,9-10H2,1H3. The van der Waals surface area contributed by atoms with Gasteiger partial charge in [-0.2, -0.15) is 0 Å². The number of carbonyl (C=O) groups excluding carboxylic acids is 1. The van der Waals surface area contributed by atoms with Crippen LogP contribution < -0.4 is 0 Å². The lowest BCUT2D eigenvalue weighted by Gasteiger charge is -2.32. The van der Waals surface area contributed by atoms with Gasteiger partial charge in [0.25, 0.3) is 5.91 Å². The van der Waals surface area contributed by atoms with Crippen LogP contribution in [0.5, 0.6) is 0 Å². The number of amides is 1. The summed E-state index contributed by atoms with van der Waals surface area (Å²) in [6.45, 7) is 4.19. The predicted molar refractivity (Wildman–Crippen MR) is 93.2 cm³/mol. The zero-order valence-corrected chi connectivity index (χ0v) is 14.8. The molecule has 4 heterocycles. The van der Waals surface area contributed by atoms with E-state index in [1.165, 1.54) is 11.3 Å². The zero-order valence-electron chi connectivity index (χ0n) is 14.0. The second-order valence-corrected chi connectivity index (χ2v) is 7.19. The third kappa shape index (κ3) is 3.48. The smallest absolute Gasteiger partial charge is 0.273 e. The molecular formula is C17H19N5O2S. The van der Waals surface area contributed by atoms with Crippen LogP contribution in [-0.2, 0) is 6.54 Å². The predicted octanol–water partition coefficient (Wildman–Crippen LogP) is 2.86. The summed E-state index contributed by atoms with van der Waals surface area (Å²) < 4.78 is 7.42. The Labute approximate surface area is 149 Å². The Hall–Kier alpha value is -2.48. The molecule has 3 aromatic rings. The van der Waals surface area contributed by atoms with Crippen LogP contribution in [0, 0.1) is 12.8 Å². The average Bonchev–Trinajstić information content (AvgIpc) is 3.35. The van der Waals surface area contributed by atoms with Crippen LogP contribution in [0.3, 0.4) is 0 Å². The minimum Gasteiger partial charge on any atom is -0.459 e. The molecule has 0 N–H and O–H groups in total. The Morgan fingerprint density at radius 3 is 3.12 bits per heavy atom. The Morgan fingerprint density at radius 1 is 1.44 bits per heavy atom. The van der Waals surface area contributed by atoms with Crippen molar-refractivity contribution in [2.75, 3.05) is 13.1 Å². The van der Waals surface area contributed by atoms with Crippen molar-refractivity contribution in [3.05, 3.63) is 41.4 Å². The normalized spacial score (nSPS) is 17.8. The summed E-state index contributed by atoms with van der Waals surface area (Å²) in [5.74, 6) is 1.94. The lowest BCUT2D eigenvalue weighted by atomic mass is 9.98. The highest BCUT2D eigenvalue weighted by Gasteiger charge is 2.26. The minimum atomic E-state index is -0.00549. The number of rotatable bonds is 4. The van der Waals surface area contributed by atoms with Gasteiger partial charge in [-0.1, -0.05) is 5.21 Å². The number of carbonyl (C=O) groups is 1. The summed E-state index contributed by atoms with van der Waals surface area (Å²) in [5, 5.41) is 10.4. The number of furan rings is 1. The van der Waals surface area contributed by atoms with Crippen molar-refractivity contribution < 1.29 is 9.21 Å². The van der Waals surface area contributed by atoms with Crippen molar-refractivity contribution in [1.82, 2.24) is 24.9 Å².